The van der Waals surface area contributed by atoms with E-state index in [1.807, 2.05) is 0 Å². The summed E-state index contributed by atoms with van der Waals surface area (Å²) in [5.41, 5.74) is 2.81. The minimum absolute atomic E-state index is 0.600. The van der Waals surface area contributed by atoms with Crippen LogP contribution in [0.3, 0.4) is 0 Å². The van der Waals surface area contributed by atoms with E-state index < -0.39 is 0 Å². The number of rotatable bonds is 1. The molecule has 0 aromatic heterocycles. The van der Waals surface area contributed by atoms with E-state index in [4.69, 9.17) is 0 Å². The molecule has 1 N–H and O–H groups in total. The lowest BCUT2D eigenvalue weighted by Crippen LogP contribution is -2.35. The van der Waals surface area contributed by atoms with Gasteiger partial charge in [0.1, 0.15) is 0 Å². The Hall–Kier alpha value is -0.340. The lowest BCUT2D eigenvalue weighted by molar-refractivity contribution is 0.382. The molecule has 0 saturated carbocycles. The molecule has 1 atom stereocenters. The first kappa shape index (κ1) is 8.27. The number of nitrogens with one attached hydrogen (secondary N) is 1. The summed E-state index contributed by atoms with van der Waals surface area (Å²) in [6.45, 7) is 3.33. The van der Waals surface area contributed by atoms with Crippen LogP contribution in [-0.4, -0.2) is 6.54 Å². The zero-order valence-electron chi connectivity index (χ0n) is 7.10. The second-order valence-corrected chi connectivity index (χ2v) is 4.10. The Balaban J connectivity index is 2.36. The number of hydrogen-bond donors (Lipinski definition) is 1. The zero-order chi connectivity index (χ0) is 8.55. The van der Waals surface area contributed by atoms with E-state index in [2.05, 4.69) is 46.4 Å². The fourth-order valence-corrected chi connectivity index (χ4v) is 1.94. The summed E-state index contributed by atoms with van der Waals surface area (Å²) >= 11 is 3.54. The van der Waals surface area contributed by atoms with Crippen LogP contribution in [0.25, 0.3) is 0 Å². The van der Waals surface area contributed by atoms with Crippen LogP contribution in [0.5, 0.6) is 0 Å². The van der Waals surface area contributed by atoms with Crippen LogP contribution in [0.15, 0.2) is 22.7 Å². The number of benzene rings is 1. The molecule has 1 heterocycles. The van der Waals surface area contributed by atoms with Crippen molar-refractivity contribution in [3.63, 3.8) is 0 Å². The van der Waals surface area contributed by atoms with E-state index in [9.17, 15) is 0 Å². The SMILES string of the molecule is Cc1c(Br)cccc1[C@H]1CCN1. The molecule has 0 unspecified atom stereocenters. The monoisotopic (exact) mass is 225 g/mol. The van der Waals surface area contributed by atoms with Crippen LogP contribution >= 0.6 is 15.9 Å². The quantitative estimate of drug-likeness (QED) is 0.776. The summed E-state index contributed by atoms with van der Waals surface area (Å²) in [4.78, 5) is 0. The topological polar surface area (TPSA) is 12.0 Å². The Morgan fingerprint density at radius 1 is 1.50 bits per heavy atom. The van der Waals surface area contributed by atoms with Crippen LogP contribution in [-0.2, 0) is 0 Å². The van der Waals surface area contributed by atoms with Crippen molar-refractivity contribution in [2.45, 2.75) is 19.4 Å². The van der Waals surface area contributed by atoms with Gasteiger partial charge in [-0.3, -0.25) is 0 Å². The smallest absolute Gasteiger partial charge is 0.0335 e. The highest BCUT2D eigenvalue weighted by atomic mass is 79.9. The predicted molar refractivity (Wildman–Crippen MR) is 54.2 cm³/mol. The van der Waals surface area contributed by atoms with Crippen molar-refractivity contribution in [2.75, 3.05) is 6.54 Å². The highest BCUT2D eigenvalue weighted by molar-refractivity contribution is 9.10. The van der Waals surface area contributed by atoms with Crippen molar-refractivity contribution in [2.24, 2.45) is 0 Å². The number of halogens is 1. The number of hydrogen-bond acceptors (Lipinski definition) is 1. The fraction of sp³-hybridized carbons (Fsp3) is 0.400. The third-order valence-corrected chi connectivity index (χ3v) is 3.37. The molecule has 0 amide bonds. The molecule has 1 nitrogen and oxygen atoms in total. The molecule has 1 aliphatic heterocycles. The first-order chi connectivity index (χ1) is 5.79. The van der Waals surface area contributed by atoms with Crippen LogP contribution in [0.2, 0.25) is 0 Å². The normalized spacial score (nSPS) is 22.0. The Morgan fingerprint density at radius 2 is 2.25 bits per heavy atom. The van der Waals surface area contributed by atoms with Gasteiger partial charge >= 0.3 is 0 Å². The van der Waals surface area contributed by atoms with Gasteiger partial charge in [-0.2, -0.15) is 0 Å². The van der Waals surface area contributed by atoms with Gasteiger partial charge in [0.2, 0.25) is 0 Å². The Morgan fingerprint density at radius 3 is 2.83 bits per heavy atom. The van der Waals surface area contributed by atoms with Gasteiger partial charge in [0, 0.05) is 10.5 Å². The summed E-state index contributed by atoms with van der Waals surface area (Å²) in [7, 11) is 0. The maximum absolute atomic E-state index is 3.54. The third kappa shape index (κ3) is 1.29. The molecule has 1 aromatic rings. The maximum atomic E-state index is 3.54. The molecular formula is C10H12BrN. The van der Waals surface area contributed by atoms with Crippen molar-refractivity contribution in [1.82, 2.24) is 5.32 Å². The fourth-order valence-electron chi connectivity index (χ4n) is 1.56. The predicted octanol–water partition coefficient (Wildman–Crippen LogP) is 2.79. The zero-order valence-corrected chi connectivity index (χ0v) is 8.69. The summed E-state index contributed by atoms with van der Waals surface area (Å²) in [5, 5.41) is 3.41. The molecule has 64 valence electrons. The Bertz CT molecular complexity index is 292. The molecule has 12 heavy (non-hydrogen) atoms. The van der Waals surface area contributed by atoms with Crippen molar-refractivity contribution in [3.05, 3.63) is 33.8 Å². The van der Waals surface area contributed by atoms with Crippen LogP contribution < -0.4 is 5.32 Å². The average molecular weight is 226 g/mol. The molecule has 2 heteroatoms. The molecular weight excluding hydrogens is 214 g/mol. The van der Waals surface area contributed by atoms with Crippen molar-refractivity contribution in [1.29, 1.82) is 0 Å². The second-order valence-electron chi connectivity index (χ2n) is 3.25. The first-order valence-electron chi connectivity index (χ1n) is 4.27. The average Bonchev–Trinajstić information content (AvgIpc) is 1.95. The van der Waals surface area contributed by atoms with Gasteiger partial charge in [-0.1, -0.05) is 28.1 Å². The molecule has 2 rings (SSSR count). The second kappa shape index (κ2) is 3.19. The van der Waals surface area contributed by atoms with Gasteiger partial charge in [-0.15, -0.1) is 0 Å². The molecule has 0 bridgehead atoms. The van der Waals surface area contributed by atoms with Crippen molar-refractivity contribution < 1.29 is 0 Å². The first-order valence-corrected chi connectivity index (χ1v) is 5.07. The van der Waals surface area contributed by atoms with Gasteiger partial charge in [0.05, 0.1) is 0 Å². The highest BCUT2D eigenvalue weighted by Crippen LogP contribution is 2.29. The van der Waals surface area contributed by atoms with Gasteiger partial charge in [0.15, 0.2) is 0 Å². The largest absolute Gasteiger partial charge is 0.310 e. The van der Waals surface area contributed by atoms with E-state index >= 15 is 0 Å². The summed E-state index contributed by atoms with van der Waals surface area (Å²) < 4.78 is 1.22. The molecule has 0 radical (unpaired) electrons. The molecule has 1 fully saturated rings. The summed E-state index contributed by atoms with van der Waals surface area (Å²) in [6.07, 6.45) is 1.28. The van der Waals surface area contributed by atoms with E-state index in [1.54, 1.807) is 0 Å². The van der Waals surface area contributed by atoms with E-state index in [-0.39, 0.29) is 0 Å². The maximum Gasteiger partial charge on any atom is 0.0335 e. The lowest BCUT2D eigenvalue weighted by atomic mass is 9.94. The third-order valence-electron chi connectivity index (χ3n) is 2.51. The van der Waals surface area contributed by atoms with E-state index in [0.29, 0.717) is 6.04 Å². The minimum Gasteiger partial charge on any atom is -0.310 e. The lowest BCUT2D eigenvalue weighted by Gasteiger charge is -2.29. The molecule has 1 aliphatic rings. The van der Waals surface area contributed by atoms with Crippen LogP contribution in [0.4, 0.5) is 0 Å². The molecule has 1 saturated heterocycles. The summed E-state index contributed by atoms with van der Waals surface area (Å²) in [6, 6.07) is 7.00. The molecule has 1 aromatic carbocycles. The van der Waals surface area contributed by atoms with Crippen molar-refractivity contribution in [3.8, 4) is 0 Å². The minimum atomic E-state index is 0.600. The van der Waals surface area contributed by atoms with Gasteiger partial charge in [-0.25, -0.2) is 0 Å². The summed E-state index contributed by atoms with van der Waals surface area (Å²) in [5.74, 6) is 0. The van der Waals surface area contributed by atoms with Crippen molar-refractivity contribution >= 4 is 15.9 Å². The van der Waals surface area contributed by atoms with Crippen LogP contribution in [0, 0.1) is 6.92 Å². The van der Waals surface area contributed by atoms with Gasteiger partial charge in [-0.05, 0) is 37.1 Å². The Labute approximate surface area is 81.3 Å². The van der Waals surface area contributed by atoms with E-state index in [1.165, 1.54) is 22.0 Å². The van der Waals surface area contributed by atoms with Gasteiger partial charge < -0.3 is 5.32 Å². The molecule has 0 aliphatic carbocycles. The van der Waals surface area contributed by atoms with Crippen LogP contribution in [0.1, 0.15) is 23.6 Å². The van der Waals surface area contributed by atoms with E-state index in [0.717, 1.165) is 6.54 Å². The Kier molecular flexibility index (Phi) is 2.20. The highest BCUT2D eigenvalue weighted by Gasteiger charge is 2.20. The standard InChI is InChI=1S/C10H12BrN/c1-7-8(10-5-6-12-10)3-2-4-9(7)11/h2-4,10,12H,5-6H2,1H3/t10-/m1/s1. The van der Waals surface area contributed by atoms with Gasteiger partial charge in [0.25, 0.3) is 0 Å². The molecule has 0 spiro atoms.